The van der Waals surface area contributed by atoms with Gasteiger partial charge in [-0.05, 0) is 6.92 Å². The minimum atomic E-state index is -0.105. The van der Waals surface area contributed by atoms with E-state index in [1.165, 1.54) is 0 Å². The molecule has 0 aromatic rings. The number of nitrogens with zero attached hydrogens (tertiary/aromatic N) is 1. The summed E-state index contributed by atoms with van der Waals surface area (Å²) >= 11 is 0. The highest BCUT2D eigenvalue weighted by atomic mass is 16.7. The summed E-state index contributed by atoms with van der Waals surface area (Å²) in [4.78, 5) is 15.1. The Labute approximate surface area is 48.2 Å². The fraction of sp³-hybridized carbons (Fsp3) is 0.800. The maximum Gasteiger partial charge on any atom is 0.326 e. The molecule has 1 saturated heterocycles. The van der Waals surface area contributed by atoms with Crippen molar-refractivity contribution < 1.29 is 9.63 Å². The summed E-state index contributed by atoms with van der Waals surface area (Å²) in [6.45, 7) is 3.51. The Balaban J connectivity index is 2.32. The van der Waals surface area contributed by atoms with Crippen LogP contribution in [0.1, 0.15) is 13.3 Å². The zero-order chi connectivity index (χ0) is 5.98. The molecule has 0 amide bonds. The van der Waals surface area contributed by atoms with E-state index < -0.39 is 0 Å². The first-order valence-corrected chi connectivity index (χ1v) is 2.78. The van der Waals surface area contributed by atoms with Crippen LogP contribution >= 0.6 is 0 Å². The third-order valence-electron chi connectivity index (χ3n) is 1.15. The van der Waals surface area contributed by atoms with E-state index in [1.54, 1.807) is 5.06 Å². The van der Waals surface area contributed by atoms with Crippen LogP contribution in [-0.2, 0) is 9.63 Å². The van der Waals surface area contributed by atoms with E-state index >= 15 is 0 Å². The van der Waals surface area contributed by atoms with Crippen LogP contribution in [-0.4, -0.2) is 24.1 Å². The fourth-order valence-corrected chi connectivity index (χ4v) is 0.674. The monoisotopic (exact) mass is 115 g/mol. The molecule has 0 saturated carbocycles. The standard InChI is InChI=1S/C5H9NO2/c1-2-6-4-3-5(7)8-6/h2-4H2,1H3. The molecule has 0 N–H and O–H groups in total. The average molecular weight is 115 g/mol. The van der Waals surface area contributed by atoms with Crippen LogP contribution in [0.2, 0.25) is 0 Å². The van der Waals surface area contributed by atoms with Gasteiger partial charge in [-0.25, -0.2) is 0 Å². The largest absolute Gasteiger partial charge is 0.368 e. The van der Waals surface area contributed by atoms with E-state index in [2.05, 4.69) is 0 Å². The summed E-state index contributed by atoms with van der Waals surface area (Å²) in [6, 6.07) is 0. The molecule has 0 aliphatic carbocycles. The van der Waals surface area contributed by atoms with E-state index in [9.17, 15) is 4.79 Å². The molecule has 1 rings (SSSR count). The third-order valence-corrected chi connectivity index (χ3v) is 1.15. The lowest BCUT2D eigenvalue weighted by Crippen LogP contribution is -2.16. The average Bonchev–Trinajstić information content (AvgIpc) is 2.14. The smallest absolute Gasteiger partial charge is 0.326 e. The van der Waals surface area contributed by atoms with Gasteiger partial charge < -0.3 is 4.84 Å². The lowest BCUT2D eigenvalue weighted by Gasteiger charge is -2.06. The van der Waals surface area contributed by atoms with Gasteiger partial charge in [0, 0.05) is 13.1 Å². The second kappa shape index (κ2) is 2.13. The first-order chi connectivity index (χ1) is 3.83. The fourth-order valence-electron chi connectivity index (χ4n) is 0.674. The highest BCUT2D eigenvalue weighted by molar-refractivity contribution is 5.70. The van der Waals surface area contributed by atoms with Crippen molar-refractivity contribution in [3.63, 3.8) is 0 Å². The van der Waals surface area contributed by atoms with Crippen LogP contribution in [0.25, 0.3) is 0 Å². The lowest BCUT2D eigenvalue weighted by atomic mass is 10.4. The Kier molecular flexibility index (Phi) is 1.48. The Morgan fingerprint density at radius 3 is 2.88 bits per heavy atom. The van der Waals surface area contributed by atoms with Crippen LogP contribution in [0.3, 0.4) is 0 Å². The summed E-state index contributed by atoms with van der Waals surface area (Å²) in [5.74, 6) is -0.105. The Morgan fingerprint density at radius 2 is 2.62 bits per heavy atom. The summed E-state index contributed by atoms with van der Waals surface area (Å²) in [5, 5.41) is 1.66. The van der Waals surface area contributed by atoms with Gasteiger partial charge in [-0.1, -0.05) is 0 Å². The summed E-state index contributed by atoms with van der Waals surface area (Å²) in [5.41, 5.74) is 0. The molecule has 0 radical (unpaired) electrons. The third kappa shape index (κ3) is 0.980. The van der Waals surface area contributed by atoms with Crippen molar-refractivity contribution in [1.82, 2.24) is 5.06 Å². The zero-order valence-electron chi connectivity index (χ0n) is 4.89. The predicted molar refractivity (Wildman–Crippen MR) is 28.0 cm³/mol. The first kappa shape index (κ1) is 5.56. The molecule has 0 spiro atoms. The van der Waals surface area contributed by atoms with Crippen molar-refractivity contribution in [3.8, 4) is 0 Å². The van der Waals surface area contributed by atoms with Crippen LogP contribution in [0.15, 0.2) is 0 Å². The lowest BCUT2D eigenvalue weighted by molar-refractivity contribution is -0.168. The predicted octanol–water partition coefficient (Wildman–Crippen LogP) is 0.170. The first-order valence-electron chi connectivity index (χ1n) is 2.78. The molecule has 8 heavy (non-hydrogen) atoms. The van der Waals surface area contributed by atoms with Crippen LogP contribution in [0.4, 0.5) is 0 Å². The van der Waals surface area contributed by atoms with Crippen molar-refractivity contribution in [3.05, 3.63) is 0 Å². The number of hydroxylamine groups is 2. The molecular weight excluding hydrogens is 106 g/mol. The summed E-state index contributed by atoms with van der Waals surface area (Å²) in [7, 11) is 0. The highest BCUT2D eigenvalue weighted by Crippen LogP contribution is 2.03. The van der Waals surface area contributed by atoms with Gasteiger partial charge in [0.25, 0.3) is 0 Å². The van der Waals surface area contributed by atoms with Gasteiger partial charge in [0.05, 0.1) is 6.42 Å². The molecule has 3 nitrogen and oxygen atoms in total. The van der Waals surface area contributed by atoms with Gasteiger partial charge in [-0.2, -0.15) is 0 Å². The maximum atomic E-state index is 10.3. The Hall–Kier alpha value is -0.570. The van der Waals surface area contributed by atoms with Gasteiger partial charge in [-0.15, -0.1) is 5.06 Å². The number of rotatable bonds is 1. The van der Waals surface area contributed by atoms with Crippen molar-refractivity contribution in [1.29, 1.82) is 0 Å². The molecule has 0 unspecified atom stereocenters. The summed E-state index contributed by atoms with van der Waals surface area (Å²) < 4.78 is 0. The molecule has 0 aromatic carbocycles. The molecule has 1 aliphatic rings. The molecule has 1 aliphatic heterocycles. The Morgan fingerprint density at radius 1 is 1.88 bits per heavy atom. The normalized spacial score (nSPS) is 21.4. The van der Waals surface area contributed by atoms with Gasteiger partial charge in [-0.3, -0.25) is 4.79 Å². The van der Waals surface area contributed by atoms with E-state index in [-0.39, 0.29) is 5.97 Å². The van der Waals surface area contributed by atoms with Crippen molar-refractivity contribution >= 4 is 5.97 Å². The SMILES string of the molecule is CCN1CCC(=O)O1. The number of carbonyl (C=O) groups is 1. The van der Waals surface area contributed by atoms with Crippen LogP contribution in [0.5, 0.6) is 0 Å². The number of hydrogen-bond donors (Lipinski definition) is 0. The molecule has 1 fully saturated rings. The van der Waals surface area contributed by atoms with E-state index in [4.69, 9.17) is 4.84 Å². The zero-order valence-corrected chi connectivity index (χ0v) is 4.89. The van der Waals surface area contributed by atoms with Gasteiger partial charge in [0.2, 0.25) is 0 Å². The number of carbonyl (C=O) groups excluding carboxylic acids is 1. The van der Waals surface area contributed by atoms with Gasteiger partial charge in [0.15, 0.2) is 0 Å². The molecule has 0 atom stereocenters. The van der Waals surface area contributed by atoms with Gasteiger partial charge >= 0.3 is 5.97 Å². The van der Waals surface area contributed by atoms with Gasteiger partial charge in [0.1, 0.15) is 0 Å². The molecule has 0 bridgehead atoms. The van der Waals surface area contributed by atoms with E-state index in [0.717, 1.165) is 13.1 Å². The quantitative estimate of drug-likeness (QED) is 0.488. The minimum Gasteiger partial charge on any atom is -0.368 e. The maximum absolute atomic E-state index is 10.3. The minimum absolute atomic E-state index is 0.105. The highest BCUT2D eigenvalue weighted by Gasteiger charge is 2.18. The second-order valence-electron chi connectivity index (χ2n) is 1.73. The van der Waals surface area contributed by atoms with Crippen molar-refractivity contribution in [2.75, 3.05) is 13.1 Å². The molecule has 1 heterocycles. The Bertz CT molecular complexity index is 103. The summed E-state index contributed by atoms with van der Waals surface area (Å²) in [6.07, 6.45) is 0.549. The van der Waals surface area contributed by atoms with Crippen molar-refractivity contribution in [2.24, 2.45) is 0 Å². The molecule has 3 heteroatoms. The van der Waals surface area contributed by atoms with Crippen LogP contribution in [0, 0.1) is 0 Å². The van der Waals surface area contributed by atoms with Crippen molar-refractivity contribution in [2.45, 2.75) is 13.3 Å². The van der Waals surface area contributed by atoms with E-state index in [0.29, 0.717) is 6.42 Å². The van der Waals surface area contributed by atoms with Crippen LogP contribution < -0.4 is 0 Å². The molecule has 0 aromatic heterocycles. The number of hydrogen-bond acceptors (Lipinski definition) is 3. The molecule has 46 valence electrons. The second-order valence-corrected chi connectivity index (χ2v) is 1.73. The topological polar surface area (TPSA) is 29.5 Å². The molecular formula is C5H9NO2. The van der Waals surface area contributed by atoms with E-state index in [1.807, 2.05) is 6.92 Å².